The van der Waals surface area contributed by atoms with E-state index in [1.54, 1.807) is 23.5 Å². The molecule has 0 spiro atoms. The molecule has 5 nitrogen and oxygen atoms in total. The number of amides is 1. The fraction of sp³-hybridized carbons (Fsp3) is 0.438. The average Bonchev–Trinajstić information content (AvgIpc) is 2.98. The molecule has 1 aliphatic rings. The number of piperidine rings is 1. The van der Waals surface area contributed by atoms with Crippen molar-refractivity contribution in [3.8, 4) is 0 Å². The monoisotopic (exact) mass is 334 g/mol. The Hall–Kier alpha value is -2.02. The van der Waals surface area contributed by atoms with Crippen LogP contribution in [0.3, 0.4) is 0 Å². The lowest BCUT2D eigenvalue weighted by Gasteiger charge is -2.30. The molecule has 2 N–H and O–H groups in total. The molecule has 3 rings (SSSR count). The Labute approximate surface area is 138 Å². The summed E-state index contributed by atoms with van der Waals surface area (Å²) in [5, 5.41) is 10.3. The summed E-state index contributed by atoms with van der Waals surface area (Å²) in [5.41, 5.74) is 6.28. The lowest BCUT2D eigenvalue weighted by Crippen LogP contribution is -2.35. The van der Waals surface area contributed by atoms with E-state index in [9.17, 15) is 9.18 Å². The van der Waals surface area contributed by atoms with Crippen molar-refractivity contribution in [1.82, 2.24) is 10.2 Å². The quantitative estimate of drug-likeness (QED) is 0.911. The van der Waals surface area contributed by atoms with Gasteiger partial charge in [0.05, 0.1) is 0 Å². The van der Waals surface area contributed by atoms with E-state index in [-0.39, 0.29) is 11.7 Å². The van der Waals surface area contributed by atoms with Gasteiger partial charge in [0.15, 0.2) is 0 Å². The van der Waals surface area contributed by atoms with Crippen molar-refractivity contribution in [3.05, 3.63) is 40.7 Å². The number of anilines is 1. The molecular formula is C16H19FN4OS. The van der Waals surface area contributed by atoms with Crippen molar-refractivity contribution >= 4 is 22.4 Å². The number of aromatic nitrogens is 2. The Balaban J connectivity index is 1.57. The fourth-order valence-electron chi connectivity index (χ4n) is 2.83. The first kappa shape index (κ1) is 15.9. The minimum Gasteiger partial charge on any atom is -0.370 e. The molecule has 2 aromatic rings. The molecule has 1 amide bonds. The lowest BCUT2D eigenvalue weighted by atomic mass is 9.94. The van der Waals surface area contributed by atoms with Gasteiger partial charge in [-0.1, -0.05) is 23.5 Å². The van der Waals surface area contributed by atoms with E-state index in [1.807, 2.05) is 0 Å². The van der Waals surface area contributed by atoms with Crippen LogP contribution in [-0.2, 0) is 11.2 Å². The van der Waals surface area contributed by atoms with E-state index < -0.39 is 0 Å². The Kier molecular flexibility index (Phi) is 4.85. The van der Waals surface area contributed by atoms with Crippen LogP contribution in [0.15, 0.2) is 24.3 Å². The maximum Gasteiger partial charge on any atom is 0.217 e. The Morgan fingerprint density at radius 1 is 1.26 bits per heavy atom. The second kappa shape index (κ2) is 7.04. The van der Waals surface area contributed by atoms with Crippen LogP contribution < -0.4 is 10.6 Å². The molecule has 0 unspecified atom stereocenters. The van der Waals surface area contributed by atoms with Crippen LogP contribution in [0.1, 0.15) is 29.8 Å². The molecule has 1 aromatic carbocycles. The van der Waals surface area contributed by atoms with Crippen LogP contribution >= 0.6 is 11.3 Å². The second-order valence-corrected chi connectivity index (χ2v) is 6.92. The van der Waals surface area contributed by atoms with E-state index in [0.29, 0.717) is 18.8 Å². The first-order valence-electron chi connectivity index (χ1n) is 7.70. The number of primary amides is 1. The third-order valence-corrected chi connectivity index (χ3v) is 5.08. The van der Waals surface area contributed by atoms with Crippen LogP contribution in [0, 0.1) is 11.7 Å². The van der Waals surface area contributed by atoms with E-state index in [1.165, 1.54) is 12.1 Å². The first-order valence-corrected chi connectivity index (χ1v) is 8.52. The zero-order chi connectivity index (χ0) is 16.2. The summed E-state index contributed by atoms with van der Waals surface area (Å²) in [6, 6.07) is 6.46. The largest absolute Gasteiger partial charge is 0.370 e. The van der Waals surface area contributed by atoms with Crippen LogP contribution in [0.4, 0.5) is 9.52 Å². The van der Waals surface area contributed by atoms with E-state index in [4.69, 9.17) is 5.73 Å². The van der Waals surface area contributed by atoms with Crippen LogP contribution in [0.5, 0.6) is 0 Å². The molecule has 1 aromatic heterocycles. The van der Waals surface area contributed by atoms with Crippen molar-refractivity contribution in [2.45, 2.75) is 25.7 Å². The molecule has 0 saturated carbocycles. The van der Waals surface area contributed by atoms with Gasteiger partial charge in [0.2, 0.25) is 11.0 Å². The number of benzene rings is 1. The molecular weight excluding hydrogens is 315 g/mol. The molecule has 2 heterocycles. The third kappa shape index (κ3) is 4.25. The van der Waals surface area contributed by atoms with Crippen molar-refractivity contribution in [1.29, 1.82) is 0 Å². The van der Waals surface area contributed by atoms with Gasteiger partial charge < -0.3 is 10.6 Å². The summed E-state index contributed by atoms with van der Waals surface area (Å²) in [6.45, 7) is 1.76. The van der Waals surface area contributed by atoms with Gasteiger partial charge in [0.1, 0.15) is 10.8 Å². The first-order chi connectivity index (χ1) is 11.1. The summed E-state index contributed by atoms with van der Waals surface area (Å²) < 4.78 is 12.9. The maximum atomic E-state index is 12.9. The van der Waals surface area contributed by atoms with Crippen molar-refractivity contribution in [2.24, 2.45) is 11.7 Å². The van der Waals surface area contributed by atoms with Gasteiger partial charge in [0, 0.05) is 25.9 Å². The second-order valence-electron chi connectivity index (χ2n) is 5.88. The summed E-state index contributed by atoms with van der Waals surface area (Å²) in [5.74, 6) is -0.0677. The zero-order valence-corrected chi connectivity index (χ0v) is 13.6. The van der Waals surface area contributed by atoms with Crippen LogP contribution in [0.25, 0.3) is 0 Å². The number of rotatable bonds is 5. The molecule has 122 valence electrons. The number of carbonyl (C=O) groups is 1. The molecule has 1 aliphatic heterocycles. The Morgan fingerprint density at radius 2 is 1.96 bits per heavy atom. The molecule has 7 heteroatoms. The summed E-state index contributed by atoms with van der Waals surface area (Å²) >= 11 is 1.57. The predicted molar refractivity (Wildman–Crippen MR) is 87.9 cm³/mol. The highest BCUT2D eigenvalue weighted by Crippen LogP contribution is 2.28. The van der Waals surface area contributed by atoms with Gasteiger partial charge in [-0.25, -0.2) is 4.39 Å². The number of hydrogen-bond donors (Lipinski definition) is 1. The number of hydrogen-bond acceptors (Lipinski definition) is 5. The summed E-state index contributed by atoms with van der Waals surface area (Å²) in [7, 11) is 0. The standard InChI is InChI=1S/C16H19FN4OS/c17-13-3-1-11(2-4-13)10-15-19-20-16(23-15)21-7-5-12(6-8-21)9-14(18)22/h1-4,12H,5-10H2,(H2,18,22). The number of nitrogens with two attached hydrogens (primary N) is 1. The molecule has 0 aliphatic carbocycles. The smallest absolute Gasteiger partial charge is 0.217 e. The lowest BCUT2D eigenvalue weighted by molar-refractivity contribution is -0.119. The highest BCUT2D eigenvalue weighted by atomic mass is 32.1. The summed E-state index contributed by atoms with van der Waals surface area (Å²) in [4.78, 5) is 13.2. The molecule has 1 fully saturated rings. The average molecular weight is 334 g/mol. The van der Waals surface area contributed by atoms with E-state index in [0.717, 1.165) is 41.6 Å². The van der Waals surface area contributed by atoms with Gasteiger partial charge in [-0.05, 0) is 36.5 Å². The van der Waals surface area contributed by atoms with Gasteiger partial charge in [0.25, 0.3) is 0 Å². The van der Waals surface area contributed by atoms with E-state index in [2.05, 4.69) is 15.1 Å². The fourth-order valence-corrected chi connectivity index (χ4v) is 3.76. The zero-order valence-electron chi connectivity index (χ0n) is 12.7. The van der Waals surface area contributed by atoms with Crippen molar-refractivity contribution in [3.63, 3.8) is 0 Å². The highest BCUT2D eigenvalue weighted by molar-refractivity contribution is 7.15. The molecule has 1 saturated heterocycles. The van der Waals surface area contributed by atoms with Crippen molar-refractivity contribution in [2.75, 3.05) is 18.0 Å². The predicted octanol–water partition coefficient (Wildman–Crippen LogP) is 2.36. The highest BCUT2D eigenvalue weighted by Gasteiger charge is 2.23. The SMILES string of the molecule is NC(=O)CC1CCN(c2nnc(Cc3ccc(F)cc3)s2)CC1. The molecule has 0 radical (unpaired) electrons. The van der Waals surface area contributed by atoms with E-state index >= 15 is 0 Å². The van der Waals surface area contributed by atoms with Crippen LogP contribution in [0.2, 0.25) is 0 Å². The third-order valence-electron chi connectivity index (χ3n) is 4.10. The van der Waals surface area contributed by atoms with Crippen molar-refractivity contribution < 1.29 is 9.18 Å². The maximum absolute atomic E-state index is 12.9. The van der Waals surface area contributed by atoms with Gasteiger partial charge in [-0.15, -0.1) is 10.2 Å². The normalized spacial score (nSPS) is 15.8. The van der Waals surface area contributed by atoms with Crippen LogP contribution in [-0.4, -0.2) is 29.2 Å². The van der Waals surface area contributed by atoms with Gasteiger partial charge in [-0.3, -0.25) is 4.79 Å². The Bertz CT molecular complexity index is 665. The number of carbonyl (C=O) groups excluding carboxylic acids is 1. The number of nitrogens with zero attached hydrogens (tertiary/aromatic N) is 3. The molecule has 0 atom stereocenters. The van der Waals surface area contributed by atoms with Gasteiger partial charge in [-0.2, -0.15) is 0 Å². The number of halogens is 1. The minimum atomic E-state index is -0.231. The minimum absolute atomic E-state index is 0.221. The Morgan fingerprint density at radius 3 is 2.61 bits per heavy atom. The molecule has 23 heavy (non-hydrogen) atoms. The summed E-state index contributed by atoms with van der Waals surface area (Å²) in [6.07, 6.45) is 3.04. The topological polar surface area (TPSA) is 72.1 Å². The molecule has 0 bridgehead atoms. The van der Waals surface area contributed by atoms with Gasteiger partial charge >= 0.3 is 0 Å².